The van der Waals surface area contributed by atoms with Gasteiger partial charge in [-0.2, -0.15) is 0 Å². The molecule has 0 aliphatic carbocycles. The Morgan fingerprint density at radius 3 is 2.11 bits per heavy atom. The van der Waals surface area contributed by atoms with Crippen LogP contribution in [0.3, 0.4) is 0 Å². The van der Waals surface area contributed by atoms with Gasteiger partial charge >= 0.3 is 0 Å². The quantitative estimate of drug-likeness (QED) is 0.441. The van der Waals surface area contributed by atoms with Crippen molar-refractivity contribution < 1.29 is 18.4 Å². The van der Waals surface area contributed by atoms with Crippen molar-refractivity contribution in [2.24, 2.45) is 0 Å². The number of benzene rings is 3. The predicted octanol–water partition coefficient (Wildman–Crippen LogP) is 2.90. The summed E-state index contributed by atoms with van der Waals surface area (Å²) in [5.74, 6) is -1.20. The molecule has 0 spiro atoms. The molecule has 3 N–H and O–H groups in total. The van der Waals surface area contributed by atoms with Crippen molar-refractivity contribution in [2.75, 3.05) is 7.05 Å². The molecule has 0 saturated carbocycles. The number of carbonyl (C=O) groups excluding carboxylic acids is 1. The van der Waals surface area contributed by atoms with Crippen LogP contribution in [0.15, 0.2) is 83.8 Å². The lowest BCUT2D eigenvalue weighted by molar-refractivity contribution is -0.129. The van der Waals surface area contributed by atoms with Crippen LogP contribution in [0.4, 0.5) is 0 Å². The first-order valence-electron chi connectivity index (χ1n) is 8.59. The van der Waals surface area contributed by atoms with E-state index in [1.54, 1.807) is 17.6 Å². The molecule has 3 aromatic carbocycles. The summed E-state index contributed by atoms with van der Waals surface area (Å²) in [5, 5.41) is 9.18. The molecular formula is C21H20N2O4S. The molecule has 0 aromatic heterocycles. The van der Waals surface area contributed by atoms with E-state index < -0.39 is 21.8 Å². The normalized spacial score (nSPS) is 12.4. The van der Waals surface area contributed by atoms with Gasteiger partial charge in [0.05, 0.1) is 10.8 Å². The van der Waals surface area contributed by atoms with Gasteiger partial charge in [0.25, 0.3) is 5.91 Å². The first kappa shape index (κ1) is 19.8. The highest BCUT2D eigenvalue weighted by atomic mass is 32.2. The van der Waals surface area contributed by atoms with Gasteiger partial charge < -0.3 is 0 Å². The van der Waals surface area contributed by atoms with Crippen LogP contribution in [0.1, 0.15) is 17.0 Å². The van der Waals surface area contributed by atoms with Crippen molar-refractivity contribution in [2.45, 2.75) is 10.8 Å². The average Bonchev–Trinajstić information content (AvgIpc) is 2.75. The number of hydrogen-bond donors (Lipinski definition) is 3. The van der Waals surface area contributed by atoms with Crippen LogP contribution in [-0.2, 0) is 14.8 Å². The molecule has 0 aliphatic rings. The lowest BCUT2D eigenvalue weighted by Crippen LogP contribution is -2.27. The number of hydrogen-bond acceptors (Lipinski definition) is 4. The van der Waals surface area contributed by atoms with Gasteiger partial charge in [-0.3, -0.25) is 10.0 Å². The smallest absolute Gasteiger partial charge is 0.255 e. The molecule has 1 amide bonds. The standard InChI is InChI=1S/C21H20N2O4S/c1-22-28(26,27)19-12-10-15(11-13-19)17-8-5-9-18(14-17)20(21(24)23-25)16-6-3-2-4-7-16/h2-14,20,22,25H,1H3,(H,23,24). The van der Waals surface area contributed by atoms with E-state index >= 15 is 0 Å². The summed E-state index contributed by atoms with van der Waals surface area (Å²) in [5.41, 5.74) is 4.85. The first-order valence-corrected chi connectivity index (χ1v) is 10.1. The fraction of sp³-hybridized carbons (Fsp3) is 0.0952. The van der Waals surface area contributed by atoms with Gasteiger partial charge in [-0.1, -0.05) is 66.7 Å². The maximum absolute atomic E-state index is 12.3. The molecule has 3 rings (SSSR count). The van der Waals surface area contributed by atoms with Gasteiger partial charge in [0.2, 0.25) is 10.0 Å². The minimum Gasteiger partial charge on any atom is -0.289 e. The van der Waals surface area contributed by atoms with E-state index in [0.29, 0.717) is 5.56 Å². The second-order valence-electron chi connectivity index (χ2n) is 6.18. The fourth-order valence-corrected chi connectivity index (χ4v) is 3.78. The van der Waals surface area contributed by atoms with Crippen LogP contribution in [0.2, 0.25) is 0 Å². The molecule has 1 unspecified atom stereocenters. The molecule has 0 heterocycles. The van der Waals surface area contributed by atoms with Crippen LogP contribution in [0, 0.1) is 0 Å². The van der Waals surface area contributed by atoms with E-state index in [0.717, 1.165) is 16.7 Å². The van der Waals surface area contributed by atoms with Crippen molar-refractivity contribution in [3.63, 3.8) is 0 Å². The Morgan fingerprint density at radius 1 is 0.857 bits per heavy atom. The Morgan fingerprint density at radius 2 is 1.50 bits per heavy atom. The van der Waals surface area contributed by atoms with Crippen LogP contribution in [0.5, 0.6) is 0 Å². The zero-order valence-corrected chi connectivity index (χ0v) is 16.0. The summed E-state index contributed by atoms with van der Waals surface area (Å²) in [6.07, 6.45) is 0. The molecule has 0 radical (unpaired) electrons. The highest BCUT2D eigenvalue weighted by Crippen LogP contribution is 2.29. The van der Waals surface area contributed by atoms with Crippen LogP contribution >= 0.6 is 0 Å². The summed E-state index contributed by atoms with van der Waals surface area (Å²) >= 11 is 0. The summed E-state index contributed by atoms with van der Waals surface area (Å²) in [4.78, 5) is 12.5. The summed E-state index contributed by atoms with van der Waals surface area (Å²) in [6.45, 7) is 0. The summed E-state index contributed by atoms with van der Waals surface area (Å²) in [7, 11) is -2.14. The Kier molecular flexibility index (Phi) is 5.89. The second-order valence-corrected chi connectivity index (χ2v) is 8.06. The van der Waals surface area contributed by atoms with Crippen molar-refractivity contribution in [3.8, 4) is 11.1 Å². The molecule has 7 heteroatoms. The number of carbonyl (C=O) groups is 1. The van der Waals surface area contributed by atoms with Gasteiger partial charge in [-0.15, -0.1) is 0 Å². The maximum Gasteiger partial charge on any atom is 0.255 e. The first-order chi connectivity index (χ1) is 13.5. The van der Waals surface area contributed by atoms with Crippen molar-refractivity contribution in [1.29, 1.82) is 0 Å². The lowest BCUT2D eigenvalue weighted by Gasteiger charge is -2.17. The van der Waals surface area contributed by atoms with Crippen molar-refractivity contribution in [1.82, 2.24) is 10.2 Å². The number of nitrogens with one attached hydrogen (secondary N) is 2. The van der Waals surface area contributed by atoms with Crippen LogP contribution < -0.4 is 10.2 Å². The third-order valence-electron chi connectivity index (χ3n) is 4.49. The summed E-state index contributed by atoms with van der Waals surface area (Å²) in [6, 6.07) is 23.0. The highest BCUT2D eigenvalue weighted by molar-refractivity contribution is 7.89. The molecule has 0 saturated heterocycles. The molecule has 1 atom stereocenters. The van der Waals surface area contributed by atoms with E-state index in [1.165, 1.54) is 19.2 Å². The topological polar surface area (TPSA) is 95.5 Å². The molecule has 0 bridgehead atoms. The zero-order chi connectivity index (χ0) is 20.1. The van der Waals surface area contributed by atoms with Gasteiger partial charge in [-0.25, -0.2) is 18.6 Å². The van der Waals surface area contributed by atoms with Gasteiger partial charge in [-0.05, 0) is 41.4 Å². The zero-order valence-electron chi connectivity index (χ0n) is 15.2. The Balaban J connectivity index is 2.00. The number of amides is 1. The SMILES string of the molecule is CNS(=O)(=O)c1ccc(-c2cccc(C(C(=O)NO)c3ccccc3)c2)cc1. The van der Waals surface area contributed by atoms with E-state index in [9.17, 15) is 18.4 Å². The molecule has 0 aliphatic heterocycles. The summed E-state index contributed by atoms with van der Waals surface area (Å²) < 4.78 is 26.0. The largest absolute Gasteiger partial charge is 0.289 e. The second kappa shape index (κ2) is 8.35. The molecule has 6 nitrogen and oxygen atoms in total. The fourth-order valence-electron chi connectivity index (χ4n) is 3.05. The lowest BCUT2D eigenvalue weighted by atomic mass is 9.89. The van der Waals surface area contributed by atoms with Gasteiger partial charge in [0.1, 0.15) is 0 Å². The predicted molar refractivity (Wildman–Crippen MR) is 106 cm³/mol. The number of rotatable bonds is 6. The minimum atomic E-state index is -3.50. The van der Waals surface area contributed by atoms with E-state index in [-0.39, 0.29) is 4.90 Å². The minimum absolute atomic E-state index is 0.178. The van der Waals surface area contributed by atoms with Crippen molar-refractivity contribution in [3.05, 3.63) is 90.0 Å². The third kappa shape index (κ3) is 4.12. The third-order valence-corrected chi connectivity index (χ3v) is 5.92. The molecule has 144 valence electrons. The maximum atomic E-state index is 12.3. The molecule has 28 heavy (non-hydrogen) atoms. The Bertz CT molecular complexity index is 1070. The molecule has 0 fully saturated rings. The van der Waals surface area contributed by atoms with E-state index in [2.05, 4.69) is 4.72 Å². The molecular weight excluding hydrogens is 376 g/mol. The van der Waals surface area contributed by atoms with E-state index in [4.69, 9.17) is 0 Å². The van der Waals surface area contributed by atoms with E-state index in [1.807, 2.05) is 54.6 Å². The van der Waals surface area contributed by atoms with Gasteiger partial charge in [0, 0.05) is 0 Å². The number of sulfonamides is 1. The Labute approximate surface area is 163 Å². The monoisotopic (exact) mass is 396 g/mol. The van der Waals surface area contributed by atoms with Crippen LogP contribution in [-0.4, -0.2) is 26.6 Å². The van der Waals surface area contributed by atoms with Crippen LogP contribution in [0.25, 0.3) is 11.1 Å². The Hall–Kier alpha value is -3.00. The molecule has 3 aromatic rings. The van der Waals surface area contributed by atoms with Gasteiger partial charge in [0.15, 0.2) is 0 Å². The average molecular weight is 396 g/mol. The highest BCUT2D eigenvalue weighted by Gasteiger charge is 2.22. The van der Waals surface area contributed by atoms with Crippen molar-refractivity contribution >= 4 is 15.9 Å². The number of hydroxylamine groups is 1.